The summed E-state index contributed by atoms with van der Waals surface area (Å²) in [4.78, 5) is 0. The Balaban J connectivity index is 1.93. The molecular formula is C26H34NOSi+. The Morgan fingerprint density at radius 1 is 1.03 bits per heavy atom. The van der Waals surface area contributed by atoms with Gasteiger partial charge in [-0.25, -0.2) is 0 Å². The third-order valence-electron chi connectivity index (χ3n) is 7.33. The van der Waals surface area contributed by atoms with Crippen molar-refractivity contribution < 1.29 is 9.31 Å². The van der Waals surface area contributed by atoms with Gasteiger partial charge in [-0.1, -0.05) is 98.9 Å². The van der Waals surface area contributed by atoms with E-state index in [0.29, 0.717) is 17.5 Å². The summed E-state index contributed by atoms with van der Waals surface area (Å²) >= 11 is 0. The molecular weight excluding hydrogens is 370 g/mol. The zero-order chi connectivity index (χ0) is 20.8. The van der Waals surface area contributed by atoms with Gasteiger partial charge in [-0.15, -0.1) is 0 Å². The van der Waals surface area contributed by atoms with E-state index >= 15 is 0 Å². The molecule has 1 aliphatic carbocycles. The molecule has 0 fully saturated rings. The molecule has 1 aliphatic heterocycles. The molecule has 0 aromatic heterocycles. The lowest BCUT2D eigenvalue weighted by Gasteiger charge is -2.44. The molecule has 3 heteroatoms. The Morgan fingerprint density at radius 2 is 1.69 bits per heavy atom. The van der Waals surface area contributed by atoms with Crippen molar-refractivity contribution in [3.63, 3.8) is 0 Å². The number of benzene rings is 2. The van der Waals surface area contributed by atoms with E-state index in [0.717, 1.165) is 12.5 Å². The molecule has 0 saturated carbocycles. The molecule has 2 aliphatic rings. The van der Waals surface area contributed by atoms with Gasteiger partial charge < -0.3 is 4.74 Å². The number of allylic oxidation sites excluding steroid dienone is 1. The minimum Gasteiger partial charge on any atom is -0.440 e. The van der Waals surface area contributed by atoms with Crippen molar-refractivity contribution in [2.24, 2.45) is 5.92 Å². The summed E-state index contributed by atoms with van der Waals surface area (Å²) in [6, 6.07) is 20.4. The highest BCUT2D eigenvalue weighted by atomic mass is 28.3. The lowest BCUT2D eigenvalue weighted by molar-refractivity contribution is -0.537. The lowest BCUT2D eigenvalue weighted by atomic mass is 9.73. The molecule has 29 heavy (non-hydrogen) atoms. The summed E-state index contributed by atoms with van der Waals surface area (Å²) in [6.07, 6.45) is 4.82. The maximum atomic E-state index is 6.53. The molecule has 0 amide bonds. The van der Waals surface area contributed by atoms with Crippen molar-refractivity contribution in [2.75, 3.05) is 13.7 Å². The van der Waals surface area contributed by atoms with Crippen LogP contribution in [0.5, 0.6) is 0 Å². The second-order valence-corrected chi connectivity index (χ2v) is 14.4. The van der Waals surface area contributed by atoms with Gasteiger partial charge in [0.1, 0.15) is 12.5 Å². The van der Waals surface area contributed by atoms with Crippen LogP contribution in [0.25, 0.3) is 6.08 Å². The number of fused-ring (bicyclic) bond motifs is 1. The second kappa shape index (κ2) is 7.28. The van der Waals surface area contributed by atoms with Crippen molar-refractivity contribution in [1.29, 1.82) is 0 Å². The van der Waals surface area contributed by atoms with E-state index in [9.17, 15) is 0 Å². The normalized spacial score (nSPS) is 26.6. The van der Waals surface area contributed by atoms with Crippen LogP contribution < -0.4 is 5.19 Å². The van der Waals surface area contributed by atoms with E-state index in [1.807, 2.05) is 0 Å². The Kier molecular flexibility index (Phi) is 5.06. The number of rotatable bonds is 4. The molecule has 3 atom stereocenters. The maximum Gasteiger partial charge on any atom is 0.347 e. The molecule has 0 bridgehead atoms. The van der Waals surface area contributed by atoms with Crippen molar-refractivity contribution in [2.45, 2.75) is 50.9 Å². The predicted octanol–water partition coefficient (Wildman–Crippen LogP) is 5.05. The fourth-order valence-corrected chi connectivity index (χ4v) is 9.33. The van der Waals surface area contributed by atoms with Gasteiger partial charge in [0.25, 0.3) is 0 Å². The summed E-state index contributed by atoms with van der Waals surface area (Å²) in [5.74, 6) is 1.71. The average molecular weight is 405 g/mol. The monoisotopic (exact) mass is 404 g/mol. The molecule has 0 radical (unpaired) electrons. The summed E-state index contributed by atoms with van der Waals surface area (Å²) in [6.45, 7) is 12.8. The minimum atomic E-state index is -1.84. The van der Waals surface area contributed by atoms with Gasteiger partial charge in [-0.05, 0) is 23.6 Å². The van der Waals surface area contributed by atoms with Gasteiger partial charge in [0.15, 0.2) is 12.6 Å². The van der Waals surface area contributed by atoms with E-state index < -0.39 is 8.07 Å². The molecule has 0 spiro atoms. The maximum absolute atomic E-state index is 6.53. The summed E-state index contributed by atoms with van der Waals surface area (Å²) in [5, 5.41) is 1.50. The highest BCUT2D eigenvalue weighted by Crippen LogP contribution is 2.50. The van der Waals surface area contributed by atoms with E-state index in [2.05, 4.69) is 112 Å². The largest absolute Gasteiger partial charge is 0.440 e. The Morgan fingerprint density at radius 3 is 2.34 bits per heavy atom. The van der Waals surface area contributed by atoms with Crippen molar-refractivity contribution in [3.8, 4) is 0 Å². The van der Waals surface area contributed by atoms with Crippen LogP contribution in [-0.4, -0.2) is 38.2 Å². The van der Waals surface area contributed by atoms with Crippen LogP contribution >= 0.6 is 0 Å². The van der Waals surface area contributed by atoms with Crippen molar-refractivity contribution in [1.82, 2.24) is 0 Å². The van der Waals surface area contributed by atoms with Crippen LogP contribution in [0.2, 0.25) is 18.6 Å². The van der Waals surface area contributed by atoms with E-state index in [4.69, 9.17) is 4.74 Å². The van der Waals surface area contributed by atoms with Crippen molar-refractivity contribution in [3.05, 3.63) is 71.8 Å². The fraction of sp³-hybridized carbons (Fsp3) is 0.423. The van der Waals surface area contributed by atoms with Crippen LogP contribution in [0, 0.1) is 5.92 Å². The zero-order valence-corrected chi connectivity index (χ0v) is 19.6. The molecule has 1 heterocycles. The first-order chi connectivity index (χ1) is 13.8. The van der Waals surface area contributed by atoms with Crippen LogP contribution in [0.4, 0.5) is 0 Å². The standard InChI is InChI=1S/C26H34NOSi/c1-19(2)23-18-28-25(27(23)4)26(3)22-15-11-10-12-20(22)16-17-24(26)29(5,6)21-13-8-7-9-14-21/h7-17,19,23-24H,18H2,1-6H3/q+1/t23-,24-,26+/m1/s1. The highest BCUT2D eigenvalue weighted by molar-refractivity contribution is 6.91. The van der Waals surface area contributed by atoms with Gasteiger partial charge in [-0.3, -0.25) is 0 Å². The molecule has 2 nitrogen and oxygen atoms in total. The first-order valence-electron chi connectivity index (χ1n) is 10.8. The van der Waals surface area contributed by atoms with Crippen LogP contribution in [0.1, 0.15) is 31.9 Å². The van der Waals surface area contributed by atoms with E-state index in [1.54, 1.807) is 0 Å². The fourth-order valence-electron chi connectivity index (χ4n) is 5.62. The van der Waals surface area contributed by atoms with Gasteiger partial charge in [0.05, 0.1) is 8.07 Å². The van der Waals surface area contributed by atoms with Crippen LogP contribution in [-0.2, 0) is 10.2 Å². The minimum absolute atomic E-state index is 0.171. The Labute approximate surface area is 176 Å². The Hall–Kier alpha value is -2.13. The molecule has 0 N–H and O–H groups in total. The zero-order valence-electron chi connectivity index (χ0n) is 18.6. The van der Waals surface area contributed by atoms with Gasteiger partial charge in [-0.2, -0.15) is 4.58 Å². The molecule has 152 valence electrons. The quantitative estimate of drug-likeness (QED) is 0.513. The van der Waals surface area contributed by atoms with Crippen LogP contribution in [0.15, 0.2) is 60.7 Å². The third-order valence-corrected chi connectivity index (χ3v) is 11.5. The summed E-state index contributed by atoms with van der Waals surface area (Å²) < 4.78 is 8.96. The van der Waals surface area contributed by atoms with Gasteiger partial charge in [0.2, 0.25) is 0 Å². The number of ether oxygens (including phenoxy) is 1. The second-order valence-electron chi connectivity index (χ2n) is 9.75. The SMILES string of the molecule is CC(C)[C@H]1COC([C@@]2(C)c3ccccc3C=C[C@H]2[Si](C)(C)c2ccccc2)=[N+]1C. The number of likely N-dealkylation sites (N-methyl/N-ethyl adjacent to an activating group) is 1. The topological polar surface area (TPSA) is 12.2 Å². The first kappa shape index (κ1) is 20.2. The Bertz CT molecular complexity index is 960. The molecule has 0 unspecified atom stereocenters. The van der Waals surface area contributed by atoms with Gasteiger partial charge in [0, 0.05) is 5.92 Å². The predicted molar refractivity (Wildman–Crippen MR) is 126 cm³/mol. The smallest absolute Gasteiger partial charge is 0.347 e. The number of nitrogens with zero attached hydrogens (tertiary/aromatic N) is 1. The number of hydrogen-bond donors (Lipinski definition) is 0. The number of hydrogen-bond acceptors (Lipinski definition) is 1. The van der Waals surface area contributed by atoms with Crippen LogP contribution in [0.3, 0.4) is 0 Å². The van der Waals surface area contributed by atoms with E-state index in [-0.39, 0.29) is 5.41 Å². The first-order valence-corrected chi connectivity index (χ1v) is 13.9. The lowest BCUT2D eigenvalue weighted by Crippen LogP contribution is -2.56. The average Bonchev–Trinajstić information content (AvgIpc) is 3.11. The third kappa shape index (κ3) is 3.11. The summed E-state index contributed by atoms with van der Waals surface area (Å²) in [7, 11) is 0.386. The molecule has 0 saturated heterocycles. The molecule has 2 aromatic rings. The molecule has 4 rings (SSSR count). The molecule has 2 aromatic carbocycles. The summed E-state index contributed by atoms with van der Waals surface area (Å²) in [5.41, 5.74) is 2.96. The van der Waals surface area contributed by atoms with Crippen molar-refractivity contribution >= 4 is 25.2 Å². The van der Waals surface area contributed by atoms with E-state index in [1.165, 1.54) is 16.3 Å². The highest BCUT2D eigenvalue weighted by Gasteiger charge is 2.57. The van der Waals surface area contributed by atoms with Gasteiger partial charge >= 0.3 is 5.90 Å².